The predicted molar refractivity (Wildman–Crippen MR) is 102 cm³/mol. The summed E-state index contributed by atoms with van der Waals surface area (Å²) in [4.78, 5) is 14.5. The Kier molecular flexibility index (Phi) is 5.77. The highest BCUT2D eigenvalue weighted by atomic mass is 19.4. The van der Waals surface area contributed by atoms with Crippen molar-refractivity contribution in [2.24, 2.45) is 5.92 Å². The highest BCUT2D eigenvalue weighted by Crippen LogP contribution is 2.42. The van der Waals surface area contributed by atoms with E-state index in [1.807, 2.05) is 4.90 Å². The van der Waals surface area contributed by atoms with Gasteiger partial charge in [0.1, 0.15) is 5.82 Å². The minimum atomic E-state index is -4.35. The molecule has 1 aromatic rings. The molecular weight excluding hydrogens is 385 g/mol. The second kappa shape index (κ2) is 8.16. The molecule has 1 N–H and O–H groups in total. The van der Waals surface area contributed by atoms with Crippen LogP contribution in [0.25, 0.3) is 0 Å². The Morgan fingerprint density at radius 2 is 2.17 bits per heavy atom. The quantitative estimate of drug-likeness (QED) is 0.817. The maximum Gasteiger partial charge on any atom is 0.410 e. The molecule has 1 aromatic heterocycles. The molecule has 1 amide bonds. The van der Waals surface area contributed by atoms with Gasteiger partial charge in [0.2, 0.25) is 5.91 Å². The van der Waals surface area contributed by atoms with Crippen LogP contribution in [0.4, 0.5) is 19.0 Å². The van der Waals surface area contributed by atoms with Crippen molar-refractivity contribution in [3.63, 3.8) is 0 Å². The Morgan fingerprint density at radius 3 is 2.90 bits per heavy atom. The van der Waals surface area contributed by atoms with Crippen molar-refractivity contribution in [3.8, 4) is 0 Å². The van der Waals surface area contributed by atoms with Gasteiger partial charge in [-0.05, 0) is 51.4 Å². The molecule has 4 rings (SSSR count). The molecule has 29 heavy (non-hydrogen) atoms. The Balaban J connectivity index is 1.40. The number of piperidine rings is 1. The summed E-state index contributed by atoms with van der Waals surface area (Å²) in [6.07, 6.45) is 0.661. The van der Waals surface area contributed by atoms with Crippen molar-refractivity contribution in [1.82, 2.24) is 14.7 Å². The maximum absolute atomic E-state index is 13.7. The molecule has 3 aliphatic heterocycles. The fraction of sp³-hybridized carbons (Fsp3) is 0.800. The molecule has 4 heterocycles. The first-order chi connectivity index (χ1) is 13.8. The third kappa shape index (κ3) is 4.54. The fourth-order valence-corrected chi connectivity index (χ4v) is 4.91. The number of anilines is 1. The third-order valence-electron chi connectivity index (χ3n) is 6.43. The van der Waals surface area contributed by atoms with Gasteiger partial charge in [0.05, 0.1) is 11.8 Å². The molecule has 0 spiro atoms. The Bertz CT molecular complexity index is 730. The number of rotatable bonds is 4. The Hall–Kier alpha value is -1.77. The maximum atomic E-state index is 13.7. The van der Waals surface area contributed by atoms with Gasteiger partial charge in [0, 0.05) is 38.2 Å². The van der Waals surface area contributed by atoms with E-state index < -0.39 is 12.2 Å². The van der Waals surface area contributed by atoms with E-state index >= 15 is 0 Å². The zero-order valence-electron chi connectivity index (χ0n) is 16.7. The normalized spacial score (nSPS) is 30.1. The number of halogens is 3. The average molecular weight is 414 g/mol. The molecule has 6 nitrogen and oxygen atoms in total. The van der Waals surface area contributed by atoms with E-state index in [0.717, 1.165) is 43.4 Å². The fourth-order valence-electron chi connectivity index (χ4n) is 4.91. The van der Waals surface area contributed by atoms with E-state index in [0.29, 0.717) is 31.0 Å². The van der Waals surface area contributed by atoms with Gasteiger partial charge in [-0.25, -0.2) is 4.68 Å². The Labute approximate surface area is 168 Å². The molecule has 9 heteroatoms. The van der Waals surface area contributed by atoms with Gasteiger partial charge in [-0.3, -0.25) is 4.79 Å². The third-order valence-corrected chi connectivity index (χ3v) is 6.43. The minimum Gasteiger partial charge on any atom is -0.378 e. The summed E-state index contributed by atoms with van der Waals surface area (Å²) in [7, 11) is 0. The average Bonchev–Trinajstić information content (AvgIpc) is 3.32. The van der Waals surface area contributed by atoms with Crippen LogP contribution in [-0.2, 0) is 9.53 Å². The molecular formula is C20H29F3N4O2. The first kappa shape index (κ1) is 20.5. The van der Waals surface area contributed by atoms with Gasteiger partial charge in [0.15, 0.2) is 6.04 Å². The van der Waals surface area contributed by atoms with Gasteiger partial charge < -0.3 is 15.0 Å². The largest absolute Gasteiger partial charge is 0.410 e. The van der Waals surface area contributed by atoms with Gasteiger partial charge in [0.25, 0.3) is 0 Å². The van der Waals surface area contributed by atoms with Crippen LogP contribution in [0.15, 0.2) is 6.07 Å². The zero-order valence-corrected chi connectivity index (χ0v) is 16.7. The number of amides is 1. The summed E-state index contributed by atoms with van der Waals surface area (Å²) in [5, 5.41) is 7.31. The molecule has 4 atom stereocenters. The van der Waals surface area contributed by atoms with Crippen molar-refractivity contribution in [2.45, 2.75) is 76.2 Å². The van der Waals surface area contributed by atoms with E-state index in [-0.39, 0.29) is 30.4 Å². The molecule has 3 aliphatic rings. The van der Waals surface area contributed by atoms with Crippen LogP contribution in [-0.4, -0.2) is 58.6 Å². The first-order valence-corrected chi connectivity index (χ1v) is 10.6. The lowest BCUT2D eigenvalue weighted by Gasteiger charge is -2.41. The lowest BCUT2D eigenvalue weighted by atomic mass is 9.85. The molecule has 2 fully saturated rings. The monoisotopic (exact) mass is 414 g/mol. The number of ether oxygens (including phenoxy) is 1. The smallest absolute Gasteiger partial charge is 0.378 e. The first-order valence-electron chi connectivity index (χ1n) is 10.6. The van der Waals surface area contributed by atoms with E-state index in [1.54, 1.807) is 13.0 Å². The number of hydrogen-bond acceptors (Lipinski definition) is 4. The van der Waals surface area contributed by atoms with Crippen LogP contribution < -0.4 is 5.32 Å². The van der Waals surface area contributed by atoms with E-state index in [4.69, 9.17) is 4.74 Å². The highest BCUT2D eigenvalue weighted by Gasteiger charge is 2.47. The minimum absolute atomic E-state index is 0.00392. The summed E-state index contributed by atoms with van der Waals surface area (Å²) in [5.41, 5.74) is 0.567. The van der Waals surface area contributed by atoms with Crippen molar-refractivity contribution in [2.75, 3.05) is 25.0 Å². The molecule has 2 unspecified atom stereocenters. The van der Waals surface area contributed by atoms with Crippen LogP contribution in [0.1, 0.15) is 56.7 Å². The van der Waals surface area contributed by atoms with Crippen LogP contribution >= 0.6 is 0 Å². The van der Waals surface area contributed by atoms with E-state index in [1.165, 1.54) is 0 Å². The molecule has 0 bridgehead atoms. The van der Waals surface area contributed by atoms with Crippen LogP contribution in [0.3, 0.4) is 0 Å². The van der Waals surface area contributed by atoms with Gasteiger partial charge in [-0.1, -0.05) is 0 Å². The number of likely N-dealkylation sites (tertiary alicyclic amines) is 1. The number of alkyl halides is 3. The summed E-state index contributed by atoms with van der Waals surface area (Å²) < 4.78 is 47.6. The Morgan fingerprint density at radius 1 is 1.34 bits per heavy atom. The number of aromatic nitrogens is 2. The van der Waals surface area contributed by atoms with E-state index in [9.17, 15) is 18.0 Å². The van der Waals surface area contributed by atoms with Gasteiger partial charge in [-0.15, -0.1) is 0 Å². The summed E-state index contributed by atoms with van der Waals surface area (Å²) in [5.74, 6) is 0.515. The number of nitrogens with zero attached hydrogens (tertiary/aromatic N) is 3. The number of carbonyl (C=O) groups is 1. The second-order valence-electron chi connectivity index (χ2n) is 8.58. The summed E-state index contributed by atoms with van der Waals surface area (Å²) in [6, 6.07) is -0.278. The standard InChI is InChI=1S/C20H29F3N4O2/c1-13-10-18-24-16(11-17(20(21,22)23)27(18)25-13)14-4-2-8-26(12-14)19(28)7-6-15-5-3-9-29-15/h10,14-17,24H,2-9,11-12H2,1H3/t14?,15?,16-,17+/m0/s1. The number of carbonyl (C=O) groups excluding carboxylic acids is 1. The molecule has 162 valence electrons. The number of aryl methyl sites for hydroxylation is 1. The molecule has 0 radical (unpaired) electrons. The number of fused-ring (bicyclic) bond motifs is 1. The van der Waals surface area contributed by atoms with Crippen molar-refractivity contribution in [3.05, 3.63) is 11.8 Å². The summed E-state index contributed by atoms with van der Waals surface area (Å²) in [6.45, 7) is 3.67. The summed E-state index contributed by atoms with van der Waals surface area (Å²) >= 11 is 0. The number of hydrogen-bond donors (Lipinski definition) is 1. The molecule has 0 saturated carbocycles. The van der Waals surface area contributed by atoms with Gasteiger partial charge in [-0.2, -0.15) is 18.3 Å². The lowest BCUT2D eigenvalue weighted by Crippen LogP contribution is -2.49. The second-order valence-corrected chi connectivity index (χ2v) is 8.58. The van der Waals surface area contributed by atoms with Crippen LogP contribution in [0.5, 0.6) is 0 Å². The SMILES string of the molecule is Cc1cc2n(n1)[C@@H](C(F)(F)F)C[C@@H](C1CCCN(C(=O)CCC3CCCO3)C1)N2. The molecule has 0 aliphatic carbocycles. The topological polar surface area (TPSA) is 59.4 Å². The van der Waals surface area contributed by atoms with Crippen molar-refractivity contribution < 1.29 is 22.7 Å². The van der Waals surface area contributed by atoms with Crippen LogP contribution in [0, 0.1) is 12.8 Å². The zero-order chi connectivity index (χ0) is 20.6. The highest BCUT2D eigenvalue weighted by molar-refractivity contribution is 5.76. The molecule has 2 saturated heterocycles. The van der Waals surface area contributed by atoms with Crippen LogP contribution in [0.2, 0.25) is 0 Å². The lowest BCUT2D eigenvalue weighted by molar-refractivity contribution is -0.175. The van der Waals surface area contributed by atoms with Crippen molar-refractivity contribution in [1.29, 1.82) is 0 Å². The van der Waals surface area contributed by atoms with Crippen molar-refractivity contribution >= 4 is 11.7 Å². The van der Waals surface area contributed by atoms with Gasteiger partial charge >= 0.3 is 6.18 Å². The number of nitrogens with one attached hydrogen (secondary N) is 1. The van der Waals surface area contributed by atoms with E-state index in [2.05, 4.69) is 10.4 Å². The molecule has 0 aromatic carbocycles. The predicted octanol–water partition coefficient (Wildman–Crippen LogP) is 3.68.